The number of carbonyl (C=O) groups is 2. The fourth-order valence-corrected chi connectivity index (χ4v) is 2.12. The smallest absolute Gasteiger partial charge is 0.311 e. The van der Waals surface area contributed by atoms with Crippen LogP contribution >= 0.6 is 0 Å². The number of ether oxygens (including phenoxy) is 2. The van der Waals surface area contributed by atoms with Gasteiger partial charge in [-0.25, -0.2) is 22.0 Å². The zero-order valence-corrected chi connectivity index (χ0v) is 14.3. The number of rotatable bonds is 7. The van der Waals surface area contributed by atoms with E-state index in [4.69, 9.17) is 0 Å². The Hall–Kier alpha value is -3.11. The van der Waals surface area contributed by atoms with Gasteiger partial charge >= 0.3 is 11.9 Å². The fourth-order valence-electron chi connectivity index (χ4n) is 2.12. The molecule has 0 saturated heterocycles. The summed E-state index contributed by atoms with van der Waals surface area (Å²) in [5.74, 6) is -18.7. The average molecular weight is 424 g/mol. The van der Waals surface area contributed by atoms with E-state index in [0.29, 0.717) is 0 Å². The van der Waals surface area contributed by atoms with Gasteiger partial charge in [0.05, 0.1) is 0 Å². The van der Waals surface area contributed by atoms with Crippen molar-refractivity contribution in [2.24, 2.45) is 0 Å². The highest BCUT2D eigenvalue weighted by molar-refractivity contribution is 5.73. The molecule has 0 amide bonds. The van der Waals surface area contributed by atoms with E-state index in [1.165, 1.54) is 0 Å². The first-order valence-electron chi connectivity index (χ1n) is 8.00. The molecule has 0 aromatic heterocycles. The summed E-state index contributed by atoms with van der Waals surface area (Å²) in [5.41, 5.74) is 0. The maximum absolute atomic E-state index is 13.4. The van der Waals surface area contributed by atoms with E-state index in [1.54, 1.807) is 0 Å². The van der Waals surface area contributed by atoms with Crippen molar-refractivity contribution in [3.63, 3.8) is 0 Å². The summed E-state index contributed by atoms with van der Waals surface area (Å²) in [6.45, 7) is 0. The molecule has 0 N–H and O–H groups in total. The molecule has 2 aromatic rings. The summed E-state index contributed by atoms with van der Waals surface area (Å²) in [6.07, 6.45) is -1.07. The Balaban J connectivity index is 1.85. The minimum Gasteiger partial charge on any atom is -0.420 e. The normalized spacial score (nSPS) is 10.7. The van der Waals surface area contributed by atoms with E-state index in [0.717, 1.165) is 18.2 Å². The first-order valence-corrected chi connectivity index (χ1v) is 8.00. The summed E-state index contributed by atoms with van der Waals surface area (Å²) >= 11 is 0. The molecule has 0 aliphatic heterocycles. The lowest BCUT2D eigenvalue weighted by Crippen LogP contribution is -2.14. The monoisotopic (exact) mass is 424 g/mol. The molecule has 29 heavy (non-hydrogen) atoms. The minimum atomic E-state index is -2.40. The van der Waals surface area contributed by atoms with Crippen LogP contribution in [0, 0.1) is 40.7 Å². The summed E-state index contributed by atoms with van der Waals surface area (Å²) < 4.78 is 101. The van der Waals surface area contributed by atoms with E-state index < -0.39 is 70.6 Å². The molecule has 0 fully saturated rings. The average Bonchev–Trinajstić information content (AvgIpc) is 2.68. The second-order valence-corrected chi connectivity index (χ2v) is 5.61. The van der Waals surface area contributed by atoms with Crippen LogP contribution in [-0.2, 0) is 9.59 Å². The van der Waals surface area contributed by atoms with Gasteiger partial charge in [0.2, 0.25) is 40.6 Å². The largest absolute Gasteiger partial charge is 0.420 e. The second kappa shape index (κ2) is 9.39. The van der Waals surface area contributed by atoms with Crippen LogP contribution in [-0.4, -0.2) is 11.9 Å². The highest BCUT2D eigenvalue weighted by Gasteiger charge is 2.28. The zero-order chi connectivity index (χ0) is 21.7. The van der Waals surface area contributed by atoms with Gasteiger partial charge < -0.3 is 9.47 Å². The Labute approximate surface area is 158 Å². The number of esters is 2. The third-order valence-corrected chi connectivity index (χ3v) is 3.53. The van der Waals surface area contributed by atoms with Crippen LogP contribution in [0.15, 0.2) is 18.2 Å². The van der Waals surface area contributed by atoms with Crippen molar-refractivity contribution in [3.8, 4) is 11.5 Å². The zero-order valence-electron chi connectivity index (χ0n) is 14.3. The van der Waals surface area contributed by atoms with Crippen molar-refractivity contribution in [1.82, 2.24) is 0 Å². The van der Waals surface area contributed by atoms with Crippen molar-refractivity contribution >= 4 is 11.9 Å². The molecule has 4 nitrogen and oxygen atoms in total. The van der Waals surface area contributed by atoms with E-state index in [1.807, 2.05) is 0 Å². The van der Waals surface area contributed by atoms with Gasteiger partial charge in [-0.15, -0.1) is 0 Å². The molecular weight excluding hydrogens is 413 g/mol. The number of para-hydroxylation sites is 1. The Bertz CT molecular complexity index is 897. The van der Waals surface area contributed by atoms with Gasteiger partial charge in [-0.1, -0.05) is 6.07 Å². The summed E-state index contributed by atoms with van der Waals surface area (Å²) in [4.78, 5) is 23.1. The number of halogens is 7. The maximum atomic E-state index is 13.4. The SMILES string of the molecule is O=C(CCCCC(=O)Oc1c(F)c(F)c(F)c(F)c1F)Oc1c(F)cccc1F. The van der Waals surface area contributed by atoms with Crippen LogP contribution in [0.25, 0.3) is 0 Å². The van der Waals surface area contributed by atoms with Crippen LogP contribution in [0.3, 0.4) is 0 Å². The molecule has 0 aliphatic carbocycles. The van der Waals surface area contributed by atoms with Gasteiger partial charge in [-0.2, -0.15) is 8.78 Å². The molecule has 0 atom stereocenters. The standard InChI is InChI=1S/C18H11F7O4/c19-8-4-3-5-9(20)17(8)28-10(26)6-1-2-7-11(27)29-18-15(24)13(22)12(21)14(23)16(18)25/h3-5H,1-2,6-7H2. The van der Waals surface area contributed by atoms with Crippen LogP contribution in [0.4, 0.5) is 30.7 Å². The van der Waals surface area contributed by atoms with E-state index >= 15 is 0 Å². The highest BCUT2D eigenvalue weighted by atomic mass is 19.2. The molecule has 11 heteroatoms. The highest BCUT2D eigenvalue weighted by Crippen LogP contribution is 2.29. The lowest BCUT2D eigenvalue weighted by Gasteiger charge is -2.09. The minimum absolute atomic E-state index is 0.0545. The topological polar surface area (TPSA) is 52.6 Å². The van der Waals surface area contributed by atoms with Crippen molar-refractivity contribution in [2.75, 3.05) is 0 Å². The molecular formula is C18H11F7O4. The van der Waals surface area contributed by atoms with Gasteiger partial charge in [0, 0.05) is 12.8 Å². The van der Waals surface area contributed by atoms with Crippen molar-refractivity contribution in [2.45, 2.75) is 25.7 Å². The Morgan fingerprint density at radius 3 is 1.45 bits per heavy atom. The van der Waals surface area contributed by atoms with Gasteiger partial charge in [0.1, 0.15) is 0 Å². The quantitative estimate of drug-likeness (QED) is 0.161. The predicted molar refractivity (Wildman–Crippen MR) is 82.3 cm³/mol. The molecule has 156 valence electrons. The molecule has 2 aromatic carbocycles. The Kier molecular flexibility index (Phi) is 7.18. The molecule has 0 heterocycles. The van der Waals surface area contributed by atoms with Crippen LogP contribution in [0.5, 0.6) is 11.5 Å². The fraction of sp³-hybridized carbons (Fsp3) is 0.222. The van der Waals surface area contributed by atoms with Crippen molar-refractivity contribution in [1.29, 1.82) is 0 Å². The van der Waals surface area contributed by atoms with Crippen LogP contribution < -0.4 is 9.47 Å². The Morgan fingerprint density at radius 2 is 1.00 bits per heavy atom. The summed E-state index contributed by atoms with van der Waals surface area (Å²) in [7, 11) is 0. The number of unbranched alkanes of at least 4 members (excludes halogenated alkanes) is 1. The molecule has 0 unspecified atom stereocenters. The molecule has 2 rings (SSSR count). The Morgan fingerprint density at radius 1 is 0.621 bits per heavy atom. The predicted octanol–water partition coefficient (Wildman–Crippen LogP) is 4.73. The third-order valence-electron chi connectivity index (χ3n) is 3.53. The lowest BCUT2D eigenvalue weighted by atomic mass is 10.2. The number of hydrogen-bond acceptors (Lipinski definition) is 4. The second-order valence-electron chi connectivity index (χ2n) is 5.61. The van der Waals surface area contributed by atoms with Gasteiger partial charge in [-0.3, -0.25) is 9.59 Å². The molecule has 0 spiro atoms. The summed E-state index contributed by atoms with van der Waals surface area (Å²) in [6, 6.07) is 2.82. The first-order chi connectivity index (χ1) is 13.6. The van der Waals surface area contributed by atoms with E-state index in [-0.39, 0.29) is 19.3 Å². The number of carbonyl (C=O) groups excluding carboxylic acids is 2. The van der Waals surface area contributed by atoms with Crippen LogP contribution in [0.1, 0.15) is 25.7 Å². The number of benzene rings is 2. The van der Waals surface area contributed by atoms with Crippen molar-refractivity contribution < 1.29 is 49.8 Å². The van der Waals surface area contributed by atoms with Gasteiger partial charge in [0.25, 0.3) is 0 Å². The van der Waals surface area contributed by atoms with E-state index in [9.17, 15) is 40.3 Å². The summed E-state index contributed by atoms with van der Waals surface area (Å²) in [5, 5.41) is 0. The first kappa shape index (κ1) is 22.2. The molecule has 0 radical (unpaired) electrons. The number of hydrogen-bond donors (Lipinski definition) is 0. The van der Waals surface area contributed by atoms with Crippen molar-refractivity contribution in [3.05, 3.63) is 58.9 Å². The lowest BCUT2D eigenvalue weighted by molar-refractivity contribution is -0.137. The van der Waals surface area contributed by atoms with Crippen LogP contribution in [0.2, 0.25) is 0 Å². The maximum Gasteiger partial charge on any atom is 0.311 e. The molecule has 0 bridgehead atoms. The molecule has 0 aliphatic rings. The van der Waals surface area contributed by atoms with Gasteiger partial charge in [-0.05, 0) is 25.0 Å². The van der Waals surface area contributed by atoms with Gasteiger partial charge in [0.15, 0.2) is 11.6 Å². The van der Waals surface area contributed by atoms with E-state index in [2.05, 4.69) is 9.47 Å². The molecule has 0 saturated carbocycles. The third kappa shape index (κ3) is 5.24.